The molecular formula is C32H46N6O7. The van der Waals surface area contributed by atoms with Crippen molar-refractivity contribution in [1.82, 2.24) is 31.1 Å². The van der Waals surface area contributed by atoms with Gasteiger partial charge in [0.15, 0.2) is 0 Å². The summed E-state index contributed by atoms with van der Waals surface area (Å²) in [6.07, 6.45) is 2.33. The van der Waals surface area contributed by atoms with Gasteiger partial charge in [0.05, 0.1) is 18.0 Å². The predicted octanol–water partition coefficient (Wildman–Crippen LogP) is 0.723. The molecule has 3 aliphatic rings. The summed E-state index contributed by atoms with van der Waals surface area (Å²) in [5, 5.41) is 11.4. The SMILES string of the molecule is CC(=O)N1CCCN(C(=O)[C@@H]2CC(=O)NC3(CCCC3)C(=O)N[C@H](C(C)C)C(=O)N[C@@H](C)COc3ccccc3C(=O)N2)CC1. The molecule has 0 radical (unpaired) electrons. The van der Waals surface area contributed by atoms with Gasteiger partial charge in [0, 0.05) is 33.1 Å². The van der Waals surface area contributed by atoms with Crippen LogP contribution in [0.4, 0.5) is 0 Å². The van der Waals surface area contributed by atoms with Crippen molar-refractivity contribution >= 4 is 35.4 Å². The lowest BCUT2D eigenvalue weighted by atomic mass is 9.93. The predicted molar refractivity (Wildman–Crippen MR) is 165 cm³/mol. The highest BCUT2D eigenvalue weighted by Crippen LogP contribution is 2.31. The number of nitrogens with zero attached hydrogens (tertiary/aromatic N) is 2. The molecule has 1 spiro atoms. The summed E-state index contributed by atoms with van der Waals surface area (Å²) in [6, 6.07) is 3.99. The van der Waals surface area contributed by atoms with Crippen LogP contribution >= 0.6 is 0 Å². The second kappa shape index (κ2) is 14.7. The van der Waals surface area contributed by atoms with Crippen molar-refractivity contribution in [2.75, 3.05) is 32.8 Å². The monoisotopic (exact) mass is 626 g/mol. The largest absolute Gasteiger partial charge is 0.491 e. The van der Waals surface area contributed by atoms with Crippen molar-refractivity contribution < 1.29 is 33.5 Å². The molecule has 1 saturated carbocycles. The molecule has 4 N–H and O–H groups in total. The summed E-state index contributed by atoms with van der Waals surface area (Å²) >= 11 is 0. The molecule has 1 aliphatic carbocycles. The standard InChI is InChI=1S/C32H46N6O7/c1-20(2)27-29(42)33-21(3)19-45-25-11-6-5-10-23(25)28(41)34-24(30(43)38-15-9-14-37(16-17-38)22(4)39)18-26(40)36-32(31(44)35-27)12-7-8-13-32/h5-6,10-11,20-21,24,27H,7-9,12-19H2,1-4H3,(H,33,42)(H,34,41)(H,35,44)(H,36,40)/t21-,24-,27+/m0/s1. The third kappa shape index (κ3) is 8.31. The van der Waals surface area contributed by atoms with E-state index in [0.717, 1.165) is 0 Å². The summed E-state index contributed by atoms with van der Waals surface area (Å²) < 4.78 is 5.95. The van der Waals surface area contributed by atoms with Crippen LogP contribution in [-0.2, 0) is 24.0 Å². The summed E-state index contributed by atoms with van der Waals surface area (Å²) in [6.45, 7) is 8.41. The van der Waals surface area contributed by atoms with Gasteiger partial charge in [-0.05, 0) is 44.2 Å². The number of carbonyl (C=O) groups is 6. The van der Waals surface area contributed by atoms with Crippen LogP contribution in [0.15, 0.2) is 24.3 Å². The Kier molecular flexibility index (Phi) is 11.1. The van der Waals surface area contributed by atoms with Crippen molar-refractivity contribution in [2.45, 2.75) is 89.9 Å². The fourth-order valence-electron chi connectivity index (χ4n) is 6.18. The average molecular weight is 627 g/mol. The van der Waals surface area contributed by atoms with E-state index in [1.807, 2.05) is 13.8 Å². The van der Waals surface area contributed by atoms with Gasteiger partial charge >= 0.3 is 0 Å². The molecule has 13 nitrogen and oxygen atoms in total. The Labute approximate surface area is 264 Å². The first-order valence-electron chi connectivity index (χ1n) is 15.9. The van der Waals surface area contributed by atoms with Gasteiger partial charge < -0.3 is 35.8 Å². The van der Waals surface area contributed by atoms with Gasteiger partial charge in [-0.25, -0.2) is 0 Å². The van der Waals surface area contributed by atoms with Crippen LogP contribution in [0.2, 0.25) is 0 Å². The van der Waals surface area contributed by atoms with Crippen molar-refractivity contribution in [3.63, 3.8) is 0 Å². The zero-order valence-corrected chi connectivity index (χ0v) is 26.6. The quantitative estimate of drug-likeness (QED) is 0.376. The number of fused-ring (bicyclic) bond motifs is 1. The van der Waals surface area contributed by atoms with Crippen LogP contribution in [0.25, 0.3) is 0 Å². The van der Waals surface area contributed by atoms with E-state index in [4.69, 9.17) is 4.74 Å². The molecule has 2 heterocycles. The first kappa shape index (κ1) is 33.7. The molecular weight excluding hydrogens is 580 g/mol. The Hall–Kier alpha value is -4.16. The number of carbonyl (C=O) groups excluding carboxylic acids is 6. The third-order valence-corrected chi connectivity index (χ3v) is 8.76. The molecule has 0 unspecified atom stereocenters. The molecule has 6 amide bonds. The molecule has 246 valence electrons. The van der Waals surface area contributed by atoms with Gasteiger partial charge in [-0.1, -0.05) is 38.8 Å². The number of nitrogens with one attached hydrogen (secondary N) is 4. The highest BCUT2D eigenvalue weighted by Gasteiger charge is 2.45. The van der Waals surface area contributed by atoms with Crippen LogP contribution in [0.3, 0.4) is 0 Å². The number of amides is 6. The summed E-state index contributed by atoms with van der Waals surface area (Å²) in [7, 11) is 0. The Morgan fingerprint density at radius 2 is 1.58 bits per heavy atom. The zero-order valence-electron chi connectivity index (χ0n) is 26.6. The van der Waals surface area contributed by atoms with E-state index in [1.165, 1.54) is 6.92 Å². The second-order valence-electron chi connectivity index (χ2n) is 12.7. The Balaban J connectivity index is 1.67. The summed E-state index contributed by atoms with van der Waals surface area (Å²) in [5.41, 5.74) is -1.08. The average Bonchev–Trinajstić information content (AvgIpc) is 3.32. The molecule has 2 fully saturated rings. The number of hydrogen-bond donors (Lipinski definition) is 4. The van der Waals surface area contributed by atoms with Crippen LogP contribution < -0.4 is 26.0 Å². The minimum atomic E-state index is -1.25. The number of rotatable bonds is 2. The van der Waals surface area contributed by atoms with Gasteiger partial charge in [0.25, 0.3) is 5.91 Å². The smallest absolute Gasteiger partial charge is 0.255 e. The van der Waals surface area contributed by atoms with Crippen molar-refractivity contribution in [1.29, 1.82) is 0 Å². The van der Waals surface area contributed by atoms with E-state index in [2.05, 4.69) is 21.3 Å². The number of hydrogen-bond acceptors (Lipinski definition) is 7. The third-order valence-electron chi connectivity index (χ3n) is 8.76. The van der Waals surface area contributed by atoms with Gasteiger partial charge in [-0.2, -0.15) is 0 Å². The zero-order chi connectivity index (χ0) is 32.7. The minimum absolute atomic E-state index is 0.0432. The van der Waals surface area contributed by atoms with Crippen LogP contribution in [-0.4, -0.2) is 102 Å². The Morgan fingerprint density at radius 1 is 0.911 bits per heavy atom. The number of benzene rings is 1. The van der Waals surface area contributed by atoms with E-state index in [9.17, 15) is 28.8 Å². The lowest BCUT2D eigenvalue weighted by Gasteiger charge is -2.33. The molecule has 1 aromatic carbocycles. The molecule has 45 heavy (non-hydrogen) atoms. The van der Waals surface area contributed by atoms with Crippen molar-refractivity contribution in [2.24, 2.45) is 5.92 Å². The van der Waals surface area contributed by atoms with E-state index in [0.29, 0.717) is 51.7 Å². The molecule has 3 atom stereocenters. The molecule has 1 saturated heterocycles. The summed E-state index contributed by atoms with van der Waals surface area (Å²) in [5.74, 6) is -2.53. The first-order chi connectivity index (χ1) is 21.4. The Morgan fingerprint density at radius 3 is 2.27 bits per heavy atom. The van der Waals surface area contributed by atoms with Gasteiger partial charge in [0.1, 0.15) is 30.0 Å². The summed E-state index contributed by atoms with van der Waals surface area (Å²) in [4.78, 5) is 83.4. The highest BCUT2D eigenvalue weighted by molar-refractivity contribution is 6.01. The number of para-hydroxylation sites is 1. The second-order valence-corrected chi connectivity index (χ2v) is 12.7. The maximum Gasteiger partial charge on any atom is 0.255 e. The first-order valence-corrected chi connectivity index (χ1v) is 15.9. The van der Waals surface area contributed by atoms with Gasteiger partial charge in [-0.15, -0.1) is 0 Å². The molecule has 2 aliphatic heterocycles. The van der Waals surface area contributed by atoms with Crippen LogP contribution in [0.1, 0.15) is 76.6 Å². The van der Waals surface area contributed by atoms with Crippen molar-refractivity contribution in [3.05, 3.63) is 29.8 Å². The topological polar surface area (TPSA) is 166 Å². The fraction of sp³-hybridized carbons (Fsp3) is 0.625. The number of ether oxygens (including phenoxy) is 1. The van der Waals surface area contributed by atoms with E-state index < -0.39 is 53.7 Å². The van der Waals surface area contributed by atoms with Gasteiger partial charge in [-0.3, -0.25) is 28.8 Å². The molecule has 4 rings (SSSR count). The molecule has 0 aromatic heterocycles. The Bertz CT molecular complexity index is 1290. The minimum Gasteiger partial charge on any atom is -0.491 e. The molecule has 1 aromatic rings. The van der Waals surface area contributed by atoms with E-state index in [1.54, 1.807) is 41.0 Å². The van der Waals surface area contributed by atoms with Crippen molar-refractivity contribution in [3.8, 4) is 5.75 Å². The maximum atomic E-state index is 13.9. The normalized spacial score (nSPS) is 25.2. The fourth-order valence-corrected chi connectivity index (χ4v) is 6.18. The van der Waals surface area contributed by atoms with E-state index in [-0.39, 0.29) is 42.2 Å². The van der Waals surface area contributed by atoms with Crippen LogP contribution in [0, 0.1) is 5.92 Å². The van der Waals surface area contributed by atoms with Crippen LogP contribution in [0.5, 0.6) is 5.75 Å². The molecule has 13 heteroatoms. The van der Waals surface area contributed by atoms with Gasteiger partial charge in [0.2, 0.25) is 29.5 Å². The lowest BCUT2D eigenvalue weighted by Crippen LogP contribution is -2.62. The lowest BCUT2D eigenvalue weighted by molar-refractivity contribution is -0.139. The highest BCUT2D eigenvalue weighted by atomic mass is 16.5. The molecule has 0 bridgehead atoms. The maximum absolute atomic E-state index is 13.9. The van der Waals surface area contributed by atoms with E-state index >= 15 is 0 Å².